The first-order valence-electron chi connectivity index (χ1n) is 8.42. The van der Waals surface area contributed by atoms with E-state index in [0.29, 0.717) is 11.3 Å². The van der Waals surface area contributed by atoms with Gasteiger partial charge in [-0.05, 0) is 49.2 Å². The van der Waals surface area contributed by atoms with Gasteiger partial charge in [0.1, 0.15) is 5.75 Å². The standard InChI is InChI=1S/C19H22N2O6S/c1-13-4-3-5-16(10-13)26-12-19(23)27-11-18(22)21-14(2)15-6-8-17(9-7-15)28(20,24)25/h3-10,14H,11-12H2,1-2H3,(H,21,22)(H2,20,24,25)/t14-/m0/s1. The van der Waals surface area contributed by atoms with Crippen LogP contribution in [-0.2, 0) is 24.3 Å². The van der Waals surface area contributed by atoms with E-state index in [-0.39, 0.29) is 11.5 Å². The van der Waals surface area contributed by atoms with E-state index in [4.69, 9.17) is 14.6 Å². The Morgan fingerprint density at radius 3 is 2.39 bits per heavy atom. The molecule has 0 aliphatic heterocycles. The molecule has 1 amide bonds. The maximum Gasteiger partial charge on any atom is 0.344 e. The van der Waals surface area contributed by atoms with Crippen molar-refractivity contribution in [1.82, 2.24) is 5.32 Å². The van der Waals surface area contributed by atoms with Crippen LogP contribution in [-0.4, -0.2) is 33.5 Å². The predicted octanol–water partition coefficient (Wildman–Crippen LogP) is 1.44. The number of aryl methyl sites for hydroxylation is 1. The van der Waals surface area contributed by atoms with Crippen LogP contribution in [0.3, 0.4) is 0 Å². The molecular formula is C19H22N2O6S. The van der Waals surface area contributed by atoms with E-state index in [9.17, 15) is 18.0 Å². The quantitative estimate of drug-likeness (QED) is 0.639. The van der Waals surface area contributed by atoms with Gasteiger partial charge in [-0.2, -0.15) is 0 Å². The van der Waals surface area contributed by atoms with Crippen LogP contribution >= 0.6 is 0 Å². The number of carbonyl (C=O) groups excluding carboxylic acids is 2. The highest BCUT2D eigenvalue weighted by Gasteiger charge is 2.14. The summed E-state index contributed by atoms with van der Waals surface area (Å²) >= 11 is 0. The van der Waals surface area contributed by atoms with Crippen molar-refractivity contribution in [2.24, 2.45) is 5.14 Å². The summed E-state index contributed by atoms with van der Waals surface area (Å²) in [5, 5.41) is 7.70. The van der Waals surface area contributed by atoms with Crippen LogP contribution < -0.4 is 15.2 Å². The first-order valence-corrected chi connectivity index (χ1v) is 9.97. The zero-order valence-corrected chi connectivity index (χ0v) is 16.4. The molecule has 2 aromatic carbocycles. The topological polar surface area (TPSA) is 125 Å². The van der Waals surface area contributed by atoms with Crippen molar-refractivity contribution in [2.45, 2.75) is 24.8 Å². The lowest BCUT2D eigenvalue weighted by Gasteiger charge is -2.15. The minimum atomic E-state index is -3.77. The van der Waals surface area contributed by atoms with Gasteiger partial charge in [0.05, 0.1) is 10.9 Å². The van der Waals surface area contributed by atoms with Crippen molar-refractivity contribution in [3.63, 3.8) is 0 Å². The third-order valence-corrected chi connectivity index (χ3v) is 4.73. The lowest BCUT2D eigenvalue weighted by atomic mass is 10.1. The Labute approximate surface area is 163 Å². The summed E-state index contributed by atoms with van der Waals surface area (Å²) in [6, 6.07) is 12.6. The smallest absolute Gasteiger partial charge is 0.344 e. The maximum absolute atomic E-state index is 11.9. The van der Waals surface area contributed by atoms with Crippen LogP contribution in [0.1, 0.15) is 24.1 Å². The van der Waals surface area contributed by atoms with Crippen molar-refractivity contribution in [1.29, 1.82) is 0 Å². The Kier molecular flexibility index (Phi) is 7.13. The van der Waals surface area contributed by atoms with Crippen molar-refractivity contribution in [2.75, 3.05) is 13.2 Å². The van der Waals surface area contributed by atoms with Gasteiger partial charge in [-0.25, -0.2) is 18.4 Å². The largest absolute Gasteiger partial charge is 0.482 e. The fourth-order valence-electron chi connectivity index (χ4n) is 2.35. The molecular weight excluding hydrogens is 384 g/mol. The molecule has 0 fully saturated rings. The molecule has 150 valence electrons. The van der Waals surface area contributed by atoms with Crippen LogP contribution in [0.25, 0.3) is 0 Å². The third-order valence-electron chi connectivity index (χ3n) is 3.80. The maximum atomic E-state index is 11.9. The van der Waals surface area contributed by atoms with Crippen molar-refractivity contribution >= 4 is 21.9 Å². The molecule has 2 rings (SSSR count). The SMILES string of the molecule is Cc1cccc(OCC(=O)OCC(=O)N[C@@H](C)c2ccc(S(N)(=O)=O)cc2)c1. The molecule has 0 aromatic heterocycles. The number of esters is 1. The van der Waals surface area contributed by atoms with Gasteiger partial charge in [0.2, 0.25) is 10.0 Å². The van der Waals surface area contributed by atoms with Gasteiger partial charge >= 0.3 is 5.97 Å². The summed E-state index contributed by atoms with van der Waals surface area (Å²) in [7, 11) is -3.77. The Morgan fingerprint density at radius 2 is 1.79 bits per heavy atom. The predicted molar refractivity (Wildman–Crippen MR) is 102 cm³/mol. The molecule has 0 saturated carbocycles. The number of hydrogen-bond donors (Lipinski definition) is 2. The van der Waals surface area contributed by atoms with E-state index in [1.165, 1.54) is 12.1 Å². The molecule has 1 atom stereocenters. The van der Waals surface area contributed by atoms with Gasteiger partial charge in [-0.1, -0.05) is 24.3 Å². The summed E-state index contributed by atoms with van der Waals surface area (Å²) in [5.41, 5.74) is 1.67. The second-order valence-corrected chi connectivity index (χ2v) is 7.73. The number of nitrogens with one attached hydrogen (secondary N) is 1. The molecule has 8 nitrogen and oxygen atoms in total. The fraction of sp³-hybridized carbons (Fsp3) is 0.263. The molecule has 0 heterocycles. The summed E-state index contributed by atoms with van der Waals surface area (Å²) in [6.45, 7) is 2.86. The molecule has 0 aliphatic rings. The van der Waals surface area contributed by atoms with Crippen LogP contribution in [0.2, 0.25) is 0 Å². The van der Waals surface area contributed by atoms with Gasteiger partial charge in [0.25, 0.3) is 5.91 Å². The van der Waals surface area contributed by atoms with E-state index in [0.717, 1.165) is 5.56 Å². The van der Waals surface area contributed by atoms with Crippen LogP contribution in [0, 0.1) is 6.92 Å². The number of carbonyl (C=O) groups is 2. The van der Waals surface area contributed by atoms with Crippen LogP contribution in [0.4, 0.5) is 0 Å². The van der Waals surface area contributed by atoms with Gasteiger partial charge in [-0.15, -0.1) is 0 Å². The van der Waals surface area contributed by atoms with Crippen LogP contribution in [0.15, 0.2) is 53.4 Å². The molecule has 0 saturated heterocycles. The zero-order chi connectivity index (χ0) is 20.7. The number of sulfonamides is 1. The van der Waals surface area contributed by atoms with Gasteiger partial charge < -0.3 is 14.8 Å². The van der Waals surface area contributed by atoms with E-state index in [2.05, 4.69) is 5.32 Å². The Bertz CT molecular complexity index is 941. The average molecular weight is 406 g/mol. The average Bonchev–Trinajstić information content (AvgIpc) is 2.64. The summed E-state index contributed by atoms with van der Waals surface area (Å²) in [5.74, 6) is -0.619. The number of primary sulfonamides is 1. The molecule has 3 N–H and O–H groups in total. The summed E-state index contributed by atoms with van der Waals surface area (Å²) < 4.78 is 32.7. The minimum absolute atomic E-state index is 0.0164. The van der Waals surface area contributed by atoms with Gasteiger partial charge in [-0.3, -0.25) is 4.79 Å². The number of amides is 1. The summed E-state index contributed by atoms with van der Waals surface area (Å²) in [4.78, 5) is 23.6. The van der Waals surface area contributed by atoms with E-state index in [1.54, 1.807) is 37.3 Å². The second kappa shape index (κ2) is 9.34. The number of rotatable bonds is 8. The highest BCUT2D eigenvalue weighted by molar-refractivity contribution is 7.89. The number of benzene rings is 2. The van der Waals surface area contributed by atoms with Gasteiger partial charge in [0, 0.05) is 0 Å². The summed E-state index contributed by atoms with van der Waals surface area (Å²) in [6.07, 6.45) is 0. The molecule has 9 heteroatoms. The first kappa shape index (κ1) is 21.4. The Hall–Kier alpha value is -2.91. The fourth-order valence-corrected chi connectivity index (χ4v) is 2.86. The third kappa shape index (κ3) is 6.67. The second-order valence-electron chi connectivity index (χ2n) is 6.17. The molecule has 0 spiro atoms. The molecule has 0 bridgehead atoms. The zero-order valence-electron chi connectivity index (χ0n) is 15.5. The highest BCUT2D eigenvalue weighted by Crippen LogP contribution is 2.15. The number of hydrogen-bond acceptors (Lipinski definition) is 6. The molecule has 0 aliphatic carbocycles. The Morgan fingerprint density at radius 1 is 1.11 bits per heavy atom. The van der Waals surface area contributed by atoms with Crippen molar-refractivity contribution in [3.8, 4) is 5.75 Å². The molecule has 0 unspecified atom stereocenters. The number of ether oxygens (including phenoxy) is 2. The van der Waals surface area contributed by atoms with E-state index >= 15 is 0 Å². The highest BCUT2D eigenvalue weighted by atomic mass is 32.2. The van der Waals surface area contributed by atoms with Crippen LogP contribution in [0.5, 0.6) is 5.75 Å². The lowest BCUT2D eigenvalue weighted by molar-refractivity contribution is -0.150. The molecule has 28 heavy (non-hydrogen) atoms. The Balaban J connectivity index is 1.77. The monoisotopic (exact) mass is 406 g/mol. The molecule has 0 radical (unpaired) electrons. The first-order chi connectivity index (χ1) is 13.1. The van der Waals surface area contributed by atoms with Crippen molar-refractivity contribution < 1.29 is 27.5 Å². The van der Waals surface area contributed by atoms with E-state index in [1.807, 2.05) is 13.0 Å². The number of nitrogens with two attached hydrogens (primary N) is 1. The minimum Gasteiger partial charge on any atom is -0.482 e. The lowest BCUT2D eigenvalue weighted by Crippen LogP contribution is -2.32. The molecule has 2 aromatic rings. The van der Waals surface area contributed by atoms with Crippen molar-refractivity contribution in [3.05, 3.63) is 59.7 Å². The van der Waals surface area contributed by atoms with Gasteiger partial charge in [0.15, 0.2) is 13.2 Å². The van der Waals surface area contributed by atoms with E-state index < -0.39 is 34.5 Å². The normalized spacial score (nSPS) is 12.1.